The predicted octanol–water partition coefficient (Wildman–Crippen LogP) is 2.38. The van der Waals surface area contributed by atoms with Gasteiger partial charge < -0.3 is 9.97 Å². The monoisotopic (exact) mass is 330 g/mol. The maximum absolute atomic E-state index is 11.2. The molecule has 0 amide bonds. The summed E-state index contributed by atoms with van der Waals surface area (Å²) in [6.07, 6.45) is 15.9. The highest BCUT2D eigenvalue weighted by Gasteiger charge is 2.18. The van der Waals surface area contributed by atoms with Gasteiger partial charge >= 0.3 is 14.0 Å². The fourth-order valence-corrected chi connectivity index (χ4v) is 2.84. The van der Waals surface area contributed by atoms with Crippen LogP contribution < -0.4 is 10.6 Å². The molecule has 0 heterocycles. The Morgan fingerprint density at radius 1 is 1.57 bits per heavy atom. The molecule has 23 heavy (non-hydrogen) atoms. The standard InChI is InChI=1S/C17H23BN2O2S/c1-4-15(17(23-3)19-12-16(21)22-18)20-13(2)11-14-9-7-5-6-8-10-14/h4-5,7-10,15,17,19-20H,1-2,6,11-12H2,3H3. The zero-order valence-electron chi connectivity index (χ0n) is 13.5. The van der Waals surface area contributed by atoms with Crippen molar-refractivity contribution in [2.75, 3.05) is 12.8 Å². The summed E-state index contributed by atoms with van der Waals surface area (Å²) in [7, 11) is 4.84. The molecule has 4 nitrogen and oxygen atoms in total. The van der Waals surface area contributed by atoms with E-state index in [1.807, 2.05) is 6.26 Å². The van der Waals surface area contributed by atoms with Crippen molar-refractivity contribution in [2.45, 2.75) is 24.3 Å². The zero-order valence-corrected chi connectivity index (χ0v) is 14.3. The molecular weight excluding hydrogens is 307 g/mol. The van der Waals surface area contributed by atoms with Crippen LogP contribution in [0.3, 0.4) is 0 Å². The van der Waals surface area contributed by atoms with Crippen LogP contribution >= 0.6 is 11.8 Å². The number of allylic oxidation sites excluding steroid dienone is 6. The Labute approximate surface area is 144 Å². The second kappa shape index (κ2) is 11.0. The van der Waals surface area contributed by atoms with Crippen molar-refractivity contribution in [1.82, 2.24) is 10.6 Å². The normalized spacial score (nSPS) is 16.0. The van der Waals surface area contributed by atoms with E-state index in [2.05, 4.69) is 58.8 Å². The van der Waals surface area contributed by atoms with Crippen molar-refractivity contribution in [3.8, 4) is 0 Å². The quantitative estimate of drug-likeness (QED) is 0.366. The summed E-state index contributed by atoms with van der Waals surface area (Å²) < 4.78 is 4.16. The van der Waals surface area contributed by atoms with E-state index in [1.165, 1.54) is 5.57 Å². The van der Waals surface area contributed by atoms with Gasteiger partial charge in [0.15, 0.2) is 0 Å². The first kappa shape index (κ1) is 19.4. The number of hydrogen-bond donors (Lipinski definition) is 2. The Kier molecular flexibility index (Phi) is 9.25. The maximum Gasteiger partial charge on any atom is 0.378 e. The van der Waals surface area contributed by atoms with Crippen LogP contribution in [0, 0.1) is 0 Å². The van der Waals surface area contributed by atoms with Crippen LogP contribution in [-0.2, 0) is 9.45 Å². The highest BCUT2D eigenvalue weighted by molar-refractivity contribution is 7.99. The molecule has 0 fully saturated rings. The van der Waals surface area contributed by atoms with Crippen LogP contribution in [0.25, 0.3) is 0 Å². The molecule has 0 aromatic rings. The molecular formula is C17H23BN2O2S. The van der Waals surface area contributed by atoms with Crippen molar-refractivity contribution in [2.24, 2.45) is 0 Å². The van der Waals surface area contributed by atoms with Gasteiger partial charge in [-0.05, 0) is 18.2 Å². The number of nitrogens with one attached hydrogen (secondary N) is 2. The minimum atomic E-state index is -0.508. The average Bonchev–Trinajstić information content (AvgIpc) is 2.82. The highest BCUT2D eigenvalue weighted by atomic mass is 32.2. The second-order valence-corrected chi connectivity index (χ2v) is 6.00. The van der Waals surface area contributed by atoms with E-state index < -0.39 is 5.97 Å². The third-order valence-electron chi connectivity index (χ3n) is 3.25. The Hall–Kier alpha value is -1.66. The molecule has 0 saturated carbocycles. The Bertz CT molecular complexity index is 515. The smallest absolute Gasteiger partial charge is 0.378 e. The Balaban J connectivity index is 2.57. The number of carbonyl (C=O) groups is 1. The van der Waals surface area contributed by atoms with Gasteiger partial charge in [0.1, 0.15) is 0 Å². The third kappa shape index (κ3) is 7.44. The maximum atomic E-state index is 11.2. The van der Waals surface area contributed by atoms with Gasteiger partial charge in [-0.2, -0.15) is 0 Å². The summed E-state index contributed by atoms with van der Waals surface area (Å²) in [6.45, 7) is 7.98. The van der Waals surface area contributed by atoms with Crippen molar-refractivity contribution in [1.29, 1.82) is 0 Å². The summed E-state index contributed by atoms with van der Waals surface area (Å²) in [5, 5.41) is 6.38. The largest absolute Gasteiger partial charge is 0.542 e. The van der Waals surface area contributed by atoms with E-state index in [1.54, 1.807) is 17.8 Å². The van der Waals surface area contributed by atoms with Gasteiger partial charge in [-0.3, -0.25) is 10.1 Å². The van der Waals surface area contributed by atoms with Crippen LogP contribution in [0.5, 0.6) is 0 Å². The summed E-state index contributed by atoms with van der Waals surface area (Å²) >= 11 is 1.57. The van der Waals surface area contributed by atoms with Crippen molar-refractivity contribution in [3.63, 3.8) is 0 Å². The summed E-state index contributed by atoms with van der Waals surface area (Å²) in [4.78, 5) is 11.2. The van der Waals surface area contributed by atoms with Gasteiger partial charge in [0, 0.05) is 12.1 Å². The third-order valence-corrected chi connectivity index (χ3v) is 4.22. The average molecular weight is 330 g/mol. The molecule has 2 atom stereocenters. The van der Waals surface area contributed by atoms with E-state index >= 15 is 0 Å². The lowest BCUT2D eigenvalue weighted by Gasteiger charge is -2.26. The van der Waals surface area contributed by atoms with Gasteiger partial charge in [-0.1, -0.05) is 43.0 Å². The van der Waals surface area contributed by atoms with Gasteiger partial charge in [0.2, 0.25) is 0 Å². The lowest BCUT2D eigenvalue weighted by molar-refractivity contribution is -0.133. The summed E-state index contributed by atoms with van der Waals surface area (Å²) in [5.41, 5.74) is 2.09. The molecule has 1 aliphatic rings. The van der Waals surface area contributed by atoms with E-state index in [9.17, 15) is 4.79 Å². The lowest BCUT2D eigenvalue weighted by Crippen LogP contribution is -2.46. The molecule has 0 aliphatic heterocycles. The molecule has 2 unspecified atom stereocenters. The van der Waals surface area contributed by atoms with Gasteiger partial charge in [-0.25, -0.2) is 0 Å². The van der Waals surface area contributed by atoms with Crippen molar-refractivity contribution in [3.05, 3.63) is 60.9 Å². The molecule has 2 N–H and O–H groups in total. The molecule has 122 valence electrons. The van der Waals surface area contributed by atoms with Crippen LogP contribution in [-0.4, -0.2) is 38.2 Å². The molecule has 0 spiro atoms. The number of carbonyl (C=O) groups excluding carboxylic acids is 1. The van der Waals surface area contributed by atoms with Gasteiger partial charge in [-0.15, -0.1) is 18.3 Å². The SMILES string of the molecule is [B]OC(=O)CNC(SC)C(C=C)NC(=C)CC1=CC=CCC=C1. The topological polar surface area (TPSA) is 50.4 Å². The minimum absolute atomic E-state index is 0.0409. The Morgan fingerprint density at radius 3 is 3.00 bits per heavy atom. The Morgan fingerprint density at radius 2 is 2.35 bits per heavy atom. The van der Waals surface area contributed by atoms with E-state index in [0.717, 1.165) is 18.5 Å². The van der Waals surface area contributed by atoms with Gasteiger partial charge in [0.05, 0.1) is 18.0 Å². The molecule has 2 radical (unpaired) electrons. The van der Waals surface area contributed by atoms with Crippen molar-refractivity contribution >= 4 is 25.8 Å². The first-order valence-electron chi connectivity index (χ1n) is 7.35. The van der Waals surface area contributed by atoms with Crippen LogP contribution in [0.2, 0.25) is 0 Å². The number of rotatable bonds is 10. The van der Waals surface area contributed by atoms with Crippen LogP contribution in [0.1, 0.15) is 12.8 Å². The molecule has 0 aromatic heterocycles. The molecule has 1 aliphatic carbocycles. The first-order chi connectivity index (χ1) is 11.1. The molecule has 0 aromatic carbocycles. The summed E-state index contributed by atoms with van der Waals surface area (Å²) in [5.74, 6) is -0.508. The fraction of sp³-hybridized carbons (Fsp3) is 0.353. The minimum Gasteiger partial charge on any atom is -0.542 e. The van der Waals surface area contributed by atoms with E-state index in [4.69, 9.17) is 8.05 Å². The first-order valence-corrected chi connectivity index (χ1v) is 8.64. The second-order valence-electron chi connectivity index (χ2n) is 5.02. The molecule has 0 bridgehead atoms. The zero-order chi connectivity index (χ0) is 17.1. The highest BCUT2D eigenvalue weighted by Crippen LogP contribution is 2.16. The molecule has 1 rings (SSSR count). The summed E-state index contributed by atoms with van der Waals surface area (Å²) in [6, 6.07) is -0.0750. The molecule has 6 heteroatoms. The fourth-order valence-electron chi connectivity index (χ4n) is 2.12. The van der Waals surface area contributed by atoms with E-state index in [-0.39, 0.29) is 18.0 Å². The van der Waals surface area contributed by atoms with Crippen LogP contribution in [0.4, 0.5) is 0 Å². The molecule has 0 saturated heterocycles. The number of hydrogen-bond acceptors (Lipinski definition) is 5. The number of thioether (sulfide) groups is 1. The van der Waals surface area contributed by atoms with E-state index in [0.29, 0.717) is 0 Å². The lowest BCUT2D eigenvalue weighted by atomic mass is 10.1. The predicted molar refractivity (Wildman–Crippen MR) is 99.0 cm³/mol. The van der Waals surface area contributed by atoms with Gasteiger partial charge in [0.25, 0.3) is 0 Å². The van der Waals surface area contributed by atoms with Crippen LogP contribution in [0.15, 0.2) is 60.9 Å². The van der Waals surface area contributed by atoms with Crippen molar-refractivity contribution < 1.29 is 9.45 Å².